The van der Waals surface area contributed by atoms with E-state index in [-0.39, 0.29) is 5.82 Å². The van der Waals surface area contributed by atoms with Crippen LogP contribution in [0, 0.1) is 5.82 Å². The summed E-state index contributed by atoms with van der Waals surface area (Å²) in [7, 11) is 0. The molecule has 4 nitrogen and oxygen atoms in total. The number of halogens is 1. The van der Waals surface area contributed by atoms with Gasteiger partial charge in [-0.25, -0.2) is 18.9 Å². The minimum absolute atomic E-state index is 0.246. The summed E-state index contributed by atoms with van der Waals surface area (Å²) in [5.74, 6) is 0.360. The first-order valence-corrected chi connectivity index (χ1v) is 4.47. The van der Waals surface area contributed by atoms with Crippen LogP contribution in [0.2, 0.25) is 0 Å². The molecule has 0 radical (unpaired) electrons. The third-order valence-electron chi connectivity index (χ3n) is 2.25. The number of rotatable bonds is 1. The van der Waals surface area contributed by atoms with E-state index in [1.807, 2.05) is 0 Å². The lowest BCUT2D eigenvalue weighted by atomic mass is 10.2. The molecule has 2 heterocycles. The molecule has 1 N–H and O–H groups in total. The minimum atomic E-state index is -0.246. The van der Waals surface area contributed by atoms with E-state index in [1.54, 1.807) is 29.2 Å². The fourth-order valence-electron chi connectivity index (χ4n) is 1.53. The fraction of sp³-hybridized carbons (Fsp3) is 0. The highest BCUT2D eigenvalue weighted by Gasteiger charge is 2.06. The lowest BCUT2D eigenvalue weighted by Crippen LogP contribution is -1.87. The van der Waals surface area contributed by atoms with Gasteiger partial charge in [0.2, 0.25) is 0 Å². The Hall–Kier alpha value is -2.17. The van der Waals surface area contributed by atoms with Gasteiger partial charge >= 0.3 is 0 Å². The number of benzene rings is 1. The average molecular weight is 202 g/mol. The van der Waals surface area contributed by atoms with E-state index >= 15 is 0 Å². The van der Waals surface area contributed by atoms with Crippen molar-refractivity contribution in [2.24, 2.45) is 0 Å². The van der Waals surface area contributed by atoms with Gasteiger partial charge in [0.15, 0.2) is 0 Å². The minimum Gasteiger partial charge on any atom is -0.280 e. The van der Waals surface area contributed by atoms with Gasteiger partial charge in [-0.15, -0.1) is 0 Å². The van der Waals surface area contributed by atoms with Crippen LogP contribution in [0.3, 0.4) is 0 Å². The normalized spacial score (nSPS) is 11.0. The van der Waals surface area contributed by atoms with E-state index in [0.29, 0.717) is 5.78 Å². The molecule has 0 fully saturated rings. The largest absolute Gasteiger partial charge is 0.280 e. The molecule has 15 heavy (non-hydrogen) atoms. The SMILES string of the molecule is Fc1ccc(-c2cnc3nc[nH]n23)cc1. The Bertz CT molecular complexity index is 593. The molecule has 74 valence electrons. The maximum absolute atomic E-state index is 12.7. The Morgan fingerprint density at radius 2 is 1.93 bits per heavy atom. The maximum atomic E-state index is 12.7. The molecule has 3 aromatic rings. The third kappa shape index (κ3) is 1.20. The maximum Gasteiger partial charge on any atom is 0.250 e. The van der Waals surface area contributed by atoms with Crippen molar-refractivity contribution in [3.63, 3.8) is 0 Å². The smallest absolute Gasteiger partial charge is 0.250 e. The number of hydrogen-bond donors (Lipinski definition) is 1. The summed E-state index contributed by atoms with van der Waals surface area (Å²) in [4.78, 5) is 8.11. The lowest BCUT2D eigenvalue weighted by molar-refractivity contribution is 0.628. The van der Waals surface area contributed by atoms with Crippen LogP contribution >= 0.6 is 0 Å². The number of nitrogens with zero attached hydrogens (tertiary/aromatic N) is 3. The summed E-state index contributed by atoms with van der Waals surface area (Å²) < 4.78 is 14.5. The van der Waals surface area contributed by atoms with Crippen molar-refractivity contribution in [3.8, 4) is 11.3 Å². The molecule has 0 bridgehead atoms. The zero-order valence-corrected chi connectivity index (χ0v) is 7.68. The molecule has 5 heteroatoms. The number of nitrogens with one attached hydrogen (secondary N) is 1. The summed E-state index contributed by atoms with van der Waals surface area (Å²) in [5.41, 5.74) is 1.76. The first-order valence-electron chi connectivity index (χ1n) is 4.47. The van der Waals surface area contributed by atoms with Gasteiger partial charge in [-0.1, -0.05) is 0 Å². The molecule has 0 aliphatic rings. The van der Waals surface area contributed by atoms with E-state index in [4.69, 9.17) is 0 Å². The van der Waals surface area contributed by atoms with Crippen LogP contribution in [0.5, 0.6) is 0 Å². The number of aromatic amines is 1. The zero-order valence-electron chi connectivity index (χ0n) is 7.68. The Morgan fingerprint density at radius 1 is 1.13 bits per heavy atom. The quantitative estimate of drug-likeness (QED) is 0.654. The summed E-state index contributed by atoms with van der Waals surface area (Å²) in [6.45, 7) is 0. The van der Waals surface area contributed by atoms with E-state index in [0.717, 1.165) is 11.3 Å². The predicted molar refractivity (Wildman–Crippen MR) is 52.7 cm³/mol. The molecular formula is C10H7FN4. The highest BCUT2D eigenvalue weighted by Crippen LogP contribution is 2.19. The van der Waals surface area contributed by atoms with Crippen LogP contribution in [0.1, 0.15) is 0 Å². The molecule has 0 saturated carbocycles. The van der Waals surface area contributed by atoms with E-state index in [1.165, 1.54) is 12.1 Å². The first kappa shape index (κ1) is 8.16. The average Bonchev–Trinajstić information content (AvgIpc) is 2.80. The molecule has 0 atom stereocenters. The monoisotopic (exact) mass is 202 g/mol. The Labute approximate surface area is 84.4 Å². The number of hydrogen-bond acceptors (Lipinski definition) is 2. The van der Waals surface area contributed by atoms with Crippen LogP contribution < -0.4 is 0 Å². The molecule has 0 aliphatic carbocycles. The van der Waals surface area contributed by atoms with Gasteiger partial charge in [-0.05, 0) is 24.3 Å². The summed E-state index contributed by atoms with van der Waals surface area (Å²) in [6.07, 6.45) is 3.27. The number of aromatic nitrogens is 4. The van der Waals surface area contributed by atoms with Crippen LogP contribution in [0.4, 0.5) is 4.39 Å². The molecule has 0 saturated heterocycles. The Morgan fingerprint density at radius 3 is 2.73 bits per heavy atom. The van der Waals surface area contributed by atoms with Gasteiger partial charge in [0.05, 0.1) is 11.9 Å². The number of H-pyrrole nitrogens is 1. The molecule has 0 aliphatic heterocycles. The highest BCUT2D eigenvalue weighted by molar-refractivity contribution is 5.61. The van der Waals surface area contributed by atoms with Crippen molar-refractivity contribution in [2.75, 3.05) is 0 Å². The molecular weight excluding hydrogens is 195 g/mol. The first-order chi connectivity index (χ1) is 7.34. The standard InChI is InChI=1S/C10H7FN4/c11-8-3-1-7(2-4-8)9-5-12-10-13-6-14-15(9)10/h1-6H,(H,12,13,14). The van der Waals surface area contributed by atoms with Crippen molar-refractivity contribution >= 4 is 5.78 Å². The number of fused-ring (bicyclic) bond motifs is 1. The predicted octanol–water partition coefficient (Wildman–Crippen LogP) is 1.86. The van der Waals surface area contributed by atoms with Crippen LogP contribution in [-0.2, 0) is 0 Å². The van der Waals surface area contributed by atoms with E-state index in [2.05, 4.69) is 15.1 Å². The molecule has 0 spiro atoms. The summed E-state index contributed by atoms with van der Waals surface area (Å²) in [6, 6.07) is 6.26. The van der Waals surface area contributed by atoms with Crippen molar-refractivity contribution in [3.05, 3.63) is 42.6 Å². The van der Waals surface area contributed by atoms with Crippen LogP contribution in [-0.4, -0.2) is 19.6 Å². The van der Waals surface area contributed by atoms with Gasteiger partial charge in [0.1, 0.15) is 12.1 Å². The zero-order chi connectivity index (χ0) is 10.3. The molecule has 1 aromatic carbocycles. The van der Waals surface area contributed by atoms with Gasteiger partial charge in [0.25, 0.3) is 5.78 Å². The van der Waals surface area contributed by atoms with E-state index < -0.39 is 0 Å². The topological polar surface area (TPSA) is 46.0 Å². The Balaban J connectivity index is 2.21. The van der Waals surface area contributed by atoms with E-state index in [9.17, 15) is 4.39 Å². The third-order valence-corrected chi connectivity index (χ3v) is 2.25. The molecule has 2 aromatic heterocycles. The van der Waals surface area contributed by atoms with Crippen molar-refractivity contribution in [1.82, 2.24) is 19.6 Å². The second-order valence-corrected chi connectivity index (χ2v) is 3.17. The Kier molecular flexibility index (Phi) is 1.58. The van der Waals surface area contributed by atoms with Crippen molar-refractivity contribution in [1.29, 1.82) is 0 Å². The van der Waals surface area contributed by atoms with Gasteiger partial charge < -0.3 is 0 Å². The summed E-state index contributed by atoms with van der Waals surface area (Å²) >= 11 is 0. The lowest BCUT2D eigenvalue weighted by Gasteiger charge is -1.97. The fourth-order valence-corrected chi connectivity index (χ4v) is 1.53. The van der Waals surface area contributed by atoms with Gasteiger partial charge in [-0.3, -0.25) is 5.10 Å². The second kappa shape index (κ2) is 2.91. The van der Waals surface area contributed by atoms with Crippen molar-refractivity contribution in [2.45, 2.75) is 0 Å². The van der Waals surface area contributed by atoms with Crippen molar-refractivity contribution < 1.29 is 4.39 Å². The summed E-state index contributed by atoms with van der Waals surface area (Å²) in [5, 5.41) is 2.93. The highest BCUT2D eigenvalue weighted by atomic mass is 19.1. The second-order valence-electron chi connectivity index (χ2n) is 3.17. The molecule has 3 rings (SSSR count). The van der Waals surface area contributed by atoms with Crippen LogP contribution in [0.15, 0.2) is 36.8 Å². The van der Waals surface area contributed by atoms with Gasteiger partial charge in [-0.2, -0.15) is 0 Å². The molecule has 0 amide bonds. The van der Waals surface area contributed by atoms with Gasteiger partial charge in [0, 0.05) is 5.56 Å². The molecule has 0 unspecified atom stereocenters. The van der Waals surface area contributed by atoms with Crippen LogP contribution in [0.25, 0.3) is 17.0 Å². The number of imidazole rings is 1.